The molecule has 17 heavy (non-hydrogen) atoms. The second kappa shape index (κ2) is 9.86. The van der Waals surface area contributed by atoms with Gasteiger partial charge in [0.1, 0.15) is 0 Å². The predicted molar refractivity (Wildman–Crippen MR) is 75.5 cm³/mol. The minimum absolute atomic E-state index is 0.567. The minimum atomic E-state index is 0.567. The molecular formula is C14H32N2O. The normalized spacial score (nSPS) is 13.9. The van der Waals surface area contributed by atoms with E-state index in [0.29, 0.717) is 12.1 Å². The van der Waals surface area contributed by atoms with E-state index >= 15 is 0 Å². The van der Waals surface area contributed by atoms with Crippen molar-refractivity contribution in [1.82, 2.24) is 10.2 Å². The molecule has 0 amide bonds. The fourth-order valence-corrected chi connectivity index (χ4v) is 2.00. The second-order valence-corrected chi connectivity index (χ2v) is 5.56. The smallest absolute Gasteiger partial charge is 0.0589 e. The molecule has 0 aromatic carbocycles. The molecule has 0 aliphatic rings. The average Bonchev–Trinajstić information content (AvgIpc) is 2.24. The summed E-state index contributed by atoms with van der Waals surface area (Å²) in [7, 11) is 1.77. The molecule has 0 saturated heterocycles. The molecule has 104 valence electrons. The molecule has 0 spiro atoms. The van der Waals surface area contributed by atoms with Gasteiger partial charge in [-0.1, -0.05) is 13.8 Å². The van der Waals surface area contributed by atoms with E-state index < -0.39 is 0 Å². The standard InChI is InChI=1S/C14H32N2O/c1-12(2)7-8-15-11-14(5)16(13(3)4)9-10-17-6/h12-15H,7-11H2,1-6H3. The molecule has 0 aromatic heterocycles. The van der Waals surface area contributed by atoms with Gasteiger partial charge < -0.3 is 10.1 Å². The lowest BCUT2D eigenvalue weighted by Crippen LogP contribution is -2.46. The summed E-state index contributed by atoms with van der Waals surface area (Å²) in [5.41, 5.74) is 0. The van der Waals surface area contributed by atoms with Crippen molar-refractivity contribution in [2.75, 3.05) is 33.4 Å². The van der Waals surface area contributed by atoms with Crippen LogP contribution >= 0.6 is 0 Å². The van der Waals surface area contributed by atoms with Crippen molar-refractivity contribution in [2.45, 2.75) is 53.1 Å². The Kier molecular flexibility index (Phi) is 9.79. The SMILES string of the molecule is COCCN(C(C)C)C(C)CNCCC(C)C. The van der Waals surface area contributed by atoms with Crippen LogP contribution in [0.4, 0.5) is 0 Å². The summed E-state index contributed by atoms with van der Waals surface area (Å²) in [4.78, 5) is 2.49. The van der Waals surface area contributed by atoms with Crippen LogP contribution in [0.3, 0.4) is 0 Å². The maximum absolute atomic E-state index is 5.17. The zero-order valence-electron chi connectivity index (χ0n) is 12.6. The molecule has 1 unspecified atom stereocenters. The number of ether oxygens (including phenoxy) is 1. The Morgan fingerprint density at radius 1 is 1.12 bits per heavy atom. The van der Waals surface area contributed by atoms with Crippen LogP contribution in [0, 0.1) is 5.92 Å². The zero-order valence-corrected chi connectivity index (χ0v) is 12.6. The van der Waals surface area contributed by atoms with Crippen molar-refractivity contribution in [3.8, 4) is 0 Å². The number of nitrogens with zero attached hydrogens (tertiary/aromatic N) is 1. The number of hydrogen-bond donors (Lipinski definition) is 1. The van der Waals surface area contributed by atoms with Crippen molar-refractivity contribution in [3.63, 3.8) is 0 Å². The summed E-state index contributed by atoms with van der Waals surface area (Å²) >= 11 is 0. The van der Waals surface area contributed by atoms with Crippen molar-refractivity contribution in [1.29, 1.82) is 0 Å². The first kappa shape index (κ1) is 16.9. The molecule has 3 heteroatoms. The highest BCUT2D eigenvalue weighted by Crippen LogP contribution is 2.04. The number of rotatable bonds is 10. The summed E-state index contributed by atoms with van der Waals surface area (Å²) in [6.45, 7) is 15.3. The van der Waals surface area contributed by atoms with E-state index in [4.69, 9.17) is 4.74 Å². The van der Waals surface area contributed by atoms with Gasteiger partial charge in [0, 0.05) is 32.3 Å². The minimum Gasteiger partial charge on any atom is -0.383 e. The van der Waals surface area contributed by atoms with E-state index in [-0.39, 0.29) is 0 Å². The summed E-state index contributed by atoms with van der Waals surface area (Å²) in [5.74, 6) is 0.785. The average molecular weight is 244 g/mol. The Morgan fingerprint density at radius 2 is 1.76 bits per heavy atom. The van der Waals surface area contributed by atoms with Gasteiger partial charge >= 0.3 is 0 Å². The lowest BCUT2D eigenvalue weighted by molar-refractivity contribution is 0.101. The van der Waals surface area contributed by atoms with Crippen LogP contribution in [-0.2, 0) is 4.74 Å². The summed E-state index contributed by atoms with van der Waals surface area (Å²) in [6, 6.07) is 1.14. The van der Waals surface area contributed by atoms with E-state index in [2.05, 4.69) is 44.8 Å². The molecular weight excluding hydrogens is 212 g/mol. The Balaban J connectivity index is 3.84. The first-order valence-corrected chi connectivity index (χ1v) is 6.94. The molecule has 0 saturated carbocycles. The van der Waals surface area contributed by atoms with Gasteiger partial charge in [0.25, 0.3) is 0 Å². The lowest BCUT2D eigenvalue weighted by Gasteiger charge is -2.32. The van der Waals surface area contributed by atoms with Gasteiger partial charge in [-0.15, -0.1) is 0 Å². The van der Waals surface area contributed by atoms with Gasteiger partial charge in [0.05, 0.1) is 6.61 Å². The van der Waals surface area contributed by atoms with Crippen LogP contribution in [0.15, 0.2) is 0 Å². The molecule has 0 rings (SSSR count). The third kappa shape index (κ3) is 8.58. The maximum atomic E-state index is 5.17. The van der Waals surface area contributed by atoms with Gasteiger partial charge in [-0.3, -0.25) is 4.90 Å². The van der Waals surface area contributed by atoms with Crippen molar-refractivity contribution in [2.24, 2.45) is 5.92 Å². The first-order chi connectivity index (χ1) is 7.99. The molecule has 0 bridgehead atoms. The zero-order chi connectivity index (χ0) is 13.3. The van der Waals surface area contributed by atoms with Gasteiger partial charge in [-0.25, -0.2) is 0 Å². The highest BCUT2D eigenvalue weighted by atomic mass is 16.5. The van der Waals surface area contributed by atoms with Crippen molar-refractivity contribution < 1.29 is 4.74 Å². The summed E-state index contributed by atoms with van der Waals surface area (Å²) in [5, 5.41) is 3.55. The van der Waals surface area contributed by atoms with Gasteiger partial charge in [-0.2, -0.15) is 0 Å². The fraction of sp³-hybridized carbons (Fsp3) is 1.00. The van der Waals surface area contributed by atoms with Crippen LogP contribution in [0.2, 0.25) is 0 Å². The van der Waals surface area contributed by atoms with Crippen LogP contribution in [0.25, 0.3) is 0 Å². The maximum Gasteiger partial charge on any atom is 0.0589 e. The molecule has 1 atom stereocenters. The van der Waals surface area contributed by atoms with Crippen molar-refractivity contribution in [3.05, 3.63) is 0 Å². The van der Waals surface area contributed by atoms with E-state index in [1.165, 1.54) is 6.42 Å². The van der Waals surface area contributed by atoms with Gasteiger partial charge in [0.2, 0.25) is 0 Å². The van der Waals surface area contributed by atoms with E-state index in [0.717, 1.165) is 32.2 Å². The quantitative estimate of drug-likeness (QED) is 0.597. The molecule has 0 heterocycles. The Bertz CT molecular complexity index is 172. The van der Waals surface area contributed by atoms with E-state index in [9.17, 15) is 0 Å². The summed E-state index contributed by atoms with van der Waals surface area (Å²) in [6.07, 6.45) is 1.26. The molecule has 1 N–H and O–H groups in total. The van der Waals surface area contributed by atoms with Gasteiger partial charge in [-0.05, 0) is 39.7 Å². The molecule has 0 aliphatic carbocycles. The fourth-order valence-electron chi connectivity index (χ4n) is 2.00. The Morgan fingerprint density at radius 3 is 2.24 bits per heavy atom. The van der Waals surface area contributed by atoms with E-state index in [1.54, 1.807) is 7.11 Å². The number of hydrogen-bond acceptors (Lipinski definition) is 3. The Labute approximate surface area is 108 Å². The second-order valence-electron chi connectivity index (χ2n) is 5.56. The van der Waals surface area contributed by atoms with Crippen LogP contribution in [0.1, 0.15) is 41.0 Å². The molecule has 0 radical (unpaired) electrons. The number of methoxy groups -OCH3 is 1. The van der Waals surface area contributed by atoms with Gasteiger partial charge in [0.15, 0.2) is 0 Å². The molecule has 3 nitrogen and oxygen atoms in total. The summed E-state index contributed by atoms with van der Waals surface area (Å²) < 4.78 is 5.17. The predicted octanol–water partition coefficient (Wildman–Crippen LogP) is 2.37. The third-order valence-corrected chi connectivity index (χ3v) is 3.12. The van der Waals surface area contributed by atoms with E-state index in [1.807, 2.05) is 0 Å². The van der Waals surface area contributed by atoms with Crippen LogP contribution in [-0.4, -0.2) is 50.3 Å². The van der Waals surface area contributed by atoms with Crippen LogP contribution < -0.4 is 5.32 Å². The van der Waals surface area contributed by atoms with Crippen LogP contribution in [0.5, 0.6) is 0 Å². The topological polar surface area (TPSA) is 24.5 Å². The molecule has 0 aliphatic heterocycles. The molecule has 0 aromatic rings. The first-order valence-electron chi connectivity index (χ1n) is 6.94. The molecule has 0 fully saturated rings. The lowest BCUT2D eigenvalue weighted by atomic mass is 10.1. The highest BCUT2D eigenvalue weighted by molar-refractivity contribution is 4.73. The largest absolute Gasteiger partial charge is 0.383 e. The third-order valence-electron chi connectivity index (χ3n) is 3.12. The number of nitrogens with one attached hydrogen (secondary N) is 1. The van der Waals surface area contributed by atoms with Crippen molar-refractivity contribution >= 4 is 0 Å². The highest BCUT2D eigenvalue weighted by Gasteiger charge is 2.16. The monoisotopic (exact) mass is 244 g/mol. The Hall–Kier alpha value is -0.120.